The van der Waals surface area contributed by atoms with E-state index in [0.29, 0.717) is 12.2 Å². The minimum absolute atomic E-state index is 0.318. The predicted molar refractivity (Wildman–Crippen MR) is 113 cm³/mol. The molecule has 32 heavy (non-hydrogen) atoms. The highest BCUT2D eigenvalue weighted by atomic mass is 16.9. The van der Waals surface area contributed by atoms with Gasteiger partial charge in [0.05, 0.1) is 12.2 Å². The second-order valence-corrected chi connectivity index (χ2v) is 9.82. The normalized spacial score (nSPS) is 37.6. The maximum absolute atomic E-state index is 13.0. The lowest BCUT2D eigenvalue weighted by molar-refractivity contribution is -0.259. The van der Waals surface area contributed by atoms with Crippen molar-refractivity contribution < 1.29 is 33.2 Å². The summed E-state index contributed by atoms with van der Waals surface area (Å²) in [6.07, 6.45) is 7.80. The minimum atomic E-state index is -0.617. The summed E-state index contributed by atoms with van der Waals surface area (Å²) in [7, 11) is 0. The number of rotatable bonds is 3. The van der Waals surface area contributed by atoms with Crippen LogP contribution in [0.15, 0.2) is 30.3 Å². The van der Waals surface area contributed by atoms with Gasteiger partial charge in [0.1, 0.15) is 12.2 Å². The van der Waals surface area contributed by atoms with Gasteiger partial charge in [-0.15, -0.1) is 0 Å². The lowest BCUT2D eigenvalue weighted by atomic mass is 9.94. The topological polar surface area (TPSA) is 72.5 Å². The van der Waals surface area contributed by atoms with Crippen molar-refractivity contribution in [1.29, 1.82) is 0 Å². The highest BCUT2D eigenvalue weighted by Gasteiger charge is 2.62. The van der Waals surface area contributed by atoms with Crippen molar-refractivity contribution >= 4 is 5.97 Å². The molecule has 0 bridgehead atoms. The van der Waals surface area contributed by atoms with E-state index in [1.165, 1.54) is 12.8 Å². The van der Waals surface area contributed by atoms with Gasteiger partial charge < -0.3 is 28.4 Å². The zero-order valence-electron chi connectivity index (χ0n) is 18.4. The number of hydrogen-bond acceptors (Lipinski definition) is 7. The number of hydrogen-bond donors (Lipinski definition) is 0. The molecule has 7 nitrogen and oxygen atoms in total. The number of ether oxygens (including phenoxy) is 6. The van der Waals surface area contributed by atoms with E-state index in [4.69, 9.17) is 28.4 Å². The quantitative estimate of drug-likeness (QED) is 0.650. The molecule has 5 atom stereocenters. The fourth-order valence-electron chi connectivity index (χ4n) is 5.97. The zero-order chi connectivity index (χ0) is 21.6. The van der Waals surface area contributed by atoms with Crippen LogP contribution in [0.2, 0.25) is 0 Å². The number of carbonyl (C=O) groups is 1. The van der Waals surface area contributed by atoms with Crippen molar-refractivity contribution in [3.8, 4) is 0 Å². The van der Waals surface area contributed by atoms with Crippen LogP contribution in [-0.4, -0.2) is 54.9 Å². The van der Waals surface area contributed by atoms with Gasteiger partial charge in [0.15, 0.2) is 30.1 Å². The van der Waals surface area contributed by atoms with Crippen LogP contribution < -0.4 is 0 Å². The van der Waals surface area contributed by atoms with Crippen molar-refractivity contribution in [2.24, 2.45) is 0 Å². The Morgan fingerprint density at radius 2 is 1.50 bits per heavy atom. The molecule has 3 heterocycles. The van der Waals surface area contributed by atoms with Gasteiger partial charge in [0.25, 0.3) is 0 Å². The predicted octanol–water partition coefficient (Wildman–Crippen LogP) is 4.09. The number of carbonyl (C=O) groups excluding carboxylic acids is 1. The Bertz CT molecular complexity index is 815. The standard InChI is InChI=1S/C25H32O7/c26-22(17-10-4-1-5-11-17)28-20-19(18-16-27-24(30-18)12-6-2-7-13-24)29-23-21(20)31-25(32-23)14-8-3-9-15-25/h1,4-5,10-11,18-21,23H,2-3,6-9,12-16H2/t18-,19-,20+,21+,23-/m0/s1. The van der Waals surface area contributed by atoms with Crippen molar-refractivity contribution in [3.05, 3.63) is 35.9 Å². The van der Waals surface area contributed by atoms with E-state index < -0.39 is 36.2 Å². The van der Waals surface area contributed by atoms with Gasteiger partial charge in [-0.1, -0.05) is 31.0 Å². The molecule has 2 saturated carbocycles. The number of fused-ring (bicyclic) bond motifs is 1. The summed E-state index contributed by atoms with van der Waals surface area (Å²) in [5.41, 5.74) is 0.508. The van der Waals surface area contributed by atoms with E-state index in [2.05, 4.69) is 0 Å². The summed E-state index contributed by atoms with van der Waals surface area (Å²) in [5, 5.41) is 0. The van der Waals surface area contributed by atoms with Crippen LogP contribution in [0.5, 0.6) is 0 Å². The summed E-state index contributed by atoms with van der Waals surface area (Å²) in [5.74, 6) is -1.53. The van der Waals surface area contributed by atoms with Crippen LogP contribution in [0.1, 0.15) is 74.6 Å². The second-order valence-electron chi connectivity index (χ2n) is 9.82. The average Bonchev–Trinajstić information content (AvgIpc) is 3.48. The van der Waals surface area contributed by atoms with Gasteiger partial charge in [-0.3, -0.25) is 0 Å². The van der Waals surface area contributed by atoms with Gasteiger partial charge in [-0.05, 0) is 37.8 Å². The SMILES string of the molecule is O=C(O[C@@H]1[C@H]([C@@H]2COC3(CCCCC3)O2)O[C@H]2OC3(CCCCC3)O[C@@H]21)c1ccccc1. The molecular weight excluding hydrogens is 412 g/mol. The highest BCUT2D eigenvalue weighted by molar-refractivity contribution is 5.89. The fraction of sp³-hybridized carbons (Fsp3) is 0.720. The van der Waals surface area contributed by atoms with Gasteiger partial charge in [0, 0.05) is 25.7 Å². The molecule has 2 aliphatic carbocycles. The first-order valence-electron chi connectivity index (χ1n) is 12.2. The first kappa shape index (κ1) is 21.1. The van der Waals surface area contributed by atoms with Gasteiger partial charge in [-0.25, -0.2) is 4.79 Å². The maximum Gasteiger partial charge on any atom is 0.338 e. The molecule has 0 unspecified atom stereocenters. The first-order valence-corrected chi connectivity index (χ1v) is 12.2. The van der Waals surface area contributed by atoms with Crippen LogP contribution in [0.3, 0.4) is 0 Å². The van der Waals surface area contributed by atoms with Crippen molar-refractivity contribution in [1.82, 2.24) is 0 Å². The van der Waals surface area contributed by atoms with Crippen LogP contribution in [0.4, 0.5) is 0 Å². The third-order valence-corrected chi connectivity index (χ3v) is 7.62. The molecule has 3 aliphatic heterocycles. The Kier molecular flexibility index (Phi) is 5.50. The Morgan fingerprint density at radius 1 is 0.812 bits per heavy atom. The molecule has 174 valence electrons. The van der Waals surface area contributed by atoms with Crippen molar-refractivity contribution in [3.63, 3.8) is 0 Å². The first-order chi connectivity index (χ1) is 15.7. The Hall–Kier alpha value is -1.51. The molecule has 1 aromatic carbocycles. The Balaban J connectivity index is 1.22. The van der Waals surface area contributed by atoms with Gasteiger partial charge >= 0.3 is 5.97 Å². The van der Waals surface area contributed by atoms with E-state index in [9.17, 15) is 4.79 Å². The van der Waals surface area contributed by atoms with E-state index in [1.54, 1.807) is 12.1 Å². The Labute approximate surface area is 188 Å². The molecule has 0 N–H and O–H groups in total. The van der Waals surface area contributed by atoms with Gasteiger partial charge in [-0.2, -0.15) is 0 Å². The summed E-state index contributed by atoms with van der Waals surface area (Å²) in [6, 6.07) is 9.04. The number of benzene rings is 1. The maximum atomic E-state index is 13.0. The van der Waals surface area contributed by atoms with Gasteiger partial charge in [0.2, 0.25) is 0 Å². The largest absolute Gasteiger partial charge is 0.453 e. The molecule has 6 rings (SSSR count). The molecule has 0 aromatic heterocycles. The molecule has 5 fully saturated rings. The third kappa shape index (κ3) is 3.78. The average molecular weight is 445 g/mol. The lowest BCUT2D eigenvalue weighted by Crippen LogP contribution is -2.46. The molecule has 3 saturated heterocycles. The number of esters is 1. The van der Waals surface area contributed by atoms with Crippen LogP contribution in [0, 0.1) is 0 Å². The lowest BCUT2D eigenvalue weighted by Gasteiger charge is -2.35. The molecule has 2 spiro atoms. The molecule has 0 radical (unpaired) electrons. The van der Waals surface area contributed by atoms with E-state index in [1.807, 2.05) is 18.2 Å². The molecular formula is C25H32O7. The molecule has 0 amide bonds. The second kappa shape index (κ2) is 8.37. The van der Waals surface area contributed by atoms with Crippen LogP contribution >= 0.6 is 0 Å². The smallest absolute Gasteiger partial charge is 0.338 e. The molecule has 1 aromatic rings. The Morgan fingerprint density at radius 3 is 2.22 bits per heavy atom. The van der Waals surface area contributed by atoms with E-state index >= 15 is 0 Å². The monoisotopic (exact) mass is 444 g/mol. The summed E-state index contributed by atoms with van der Waals surface area (Å²) < 4.78 is 37.8. The zero-order valence-corrected chi connectivity index (χ0v) is 18.4. The third-order valence-electron chi connectivity index (χ3n) is 7.62. The molecule has 5 aliphatic rings. The van der Waals surface area contributed by atoms with Crippen LogP contribution in [0.25, 0.3) is 0 Å². The van der Waals surface area contributed by atoms with E-state index in [-0.39, 0.29) is 12.1 Å². The van der Waals surface area contributed by atoms with E-state index in [0.717, 1.165) is 51.4 Å². The summed E-state index contributed by atoms with van der Waals surface area (Å²) in [4.78, 5) is 13.0. The van der Waals surface area contributed by atoms with Crippen LogP contribution in [-0.2, 0) is 28.4 Å². The summed E-state index contributed by atoms with van der Waals surface area (Å²) >= 11 is 0. The van der Waals surface area contributed by atoms with Crippen molar-refractivity contribution in [2.75, 3.05) is 6.61 Å². The summed E-state index contributed by atoms with van der Waals surface area (Å²) in [6.45, 7) is 0.425. The fourth-order valence-corrected chi connectivity index (χ4v) is 5.97. The highest BCUT2D eigenvalue weighted by Crippen LogP contribution is 2.48. The van der Waals surface area contributed by atoms with Crippen molar-refractivity contribution in [2.45, 2.75) is 106 Å². The molecule has 7 heteroatoms. The minimum Gasteiger partial charge on any atom is -0.453 e.